The molecule has 0 aliphatic heterocycles. The molecule has 0 fully saturated rings. The van der Waals surface area contributed by atoms with Crippen molar-refractivity contribution in [2.75, 3.05) is 39.3 Å². The first-order valence-electron chi connectivity index (χ1n) is 6.01. The van der Waals surface area contributed by atoms with E-state index in [9.17, 15) is 18.0 Å². The van der Waals surface area contributed by atoms with E-state index in [0.717, 1.165) is 10.5 Å². The van der Waals surface area contributed by atoms with E-state index in [-0.39, 0.29) is 13.1 Å². The molecule has 4 nitrogen and oxygen atoms in total. The molecule has 1 N–H and O–H groups in total. The SMILES string of the molecule is C=C(C)CN(CC)C(=O)CN(CCO)CC(F)(F)F. The number of alkyl halides is 3. The molecule has 0 bridgehead atoms. The largest absolute Gasteiger partial charge is 0.401 e. The summed E-state index contributed by atoms with van der Waals surface area (Å²) in [5.74, 6) is -0.400. The molecule has 0 radical (unpaired) electrons. The van der Waals surface area contributed by atoms with Gasteiger partial charge >= 0.3 is 6.18 Å². The number of likely N-dealkylation sites (N-methyl/N-ethyl adjacent to an activating group) is 1. The first-order valence-corrected chi connectivity index (χ1v) is 6.01. The molecule has 112 valence electrons. The zero-order chi connectivity index (χ0) is 15.1. The molecule has 0 rings (SSSR count). The minimum atomic E-state index is -4.39. The molecule has 0 aliphatic rings. The van der Waals surface area contributed by atoms with Crippen LogP contribution in [-0.2, 0) is 4.79 Å². The van der Waals surface area contributed by atoms with E-state index >= 15 is 0 Å². The summed E-state index contributed by atoms with van der Waals surface area (Å²) in [4.78, 5) is 14.2. The standard InChI is InChI=1S/C12H21F3N2O2/c1-4-17(7-10(2)3)11(19)8-16(5-6-18)9-12(13,14)15/h18H,2,4-9H2,1,3H3. The number of carbonyl (C=O) groups excluding carboxylic acids is 1. The van der Waals surface area contributed by atoms with Crippen molar-refractivity contribution >= 4 is 5.91 Å². The van der Waals surface area contributed by atoms with Gasteiger partial charge in [-0.1, -0.05) is 12.2 Å². The number of nitrogens with zero attached hydrogens (tertiary/aromatic N) is 2. The number of rotatable bonds is 8. The number of aliphatic hydroxyl groups is 1. The highest BCUT2D eigenvalue weighted by Gasteiger charge is 2.31. The first-order chi connectivity index (χ1) is 8.69. The third-order valence-electron chi connectivity index (χ3n) is 2.37. The van der Waals surface area contributed by atoms with Crippen molar-refractivity contribution in [1.29, 1.82) is 0 Å². The predicted molar refractivity (Wildman–Crippen MR) is 66.6 cm³/mol. The Kier molecular flexibility index (Phi) is 7.70. The average molecular weight is 282 g/mol. The molecule has 0 atom stereocenters. The molecule has 0 saturated heterocycles. The Bertz CT molecular complexity index is 306. The quantitative estimate of drug-likeness (QED) is 0.682. The average Bonchev–Trinajstić information content (AvgIpc) is 2.23. The van der Waals surface area contributed by atoms with Gasteiger partial charge in [0.15, 0.2) is 0 Å². The molecule has 0 aromatic rings. The second kappa shape index (κ2) is 8.16. The van der Waals surface area contributed by atoms with Crippen molar-refractivity contribution in [1.82, 2.24) is 9.80 Å². The highest BCUT2D eigenvalue weighted by Crippen LogP contribution is 2.16. The lowest BCUT2D eigenvalue weighted by atomic mass is 10.3. The minimum absolute atomic E-state index is 0.185. The fourth-order valence-corrected chi connectivity index (χ4v) is 1.60. The van der Waals surface area contributed by atoms with Crippen molar-refractivity contribution in [3.8, 4) is 0 Å². The molecule has 1 amide bonds. The smallest absolute Gasteiger partial charge is 0.395 e. The van der Waals surface area contributed by atoms with E-state index in [4.69, 9.17) is 5.11 Å². The zero-order valence-corrected chi connectivity index (χ0v) is 11.3. The highest BCUT2D eigenvalue weighted by atomic mass is 19.4. The van der Waals surface area contributed by atoms with E-state index in [1.165, 1.54) is 4.90 Å². The lowest BCUT2D eigenvalue weighted by molar-refractivity contribution is -0.152. The molecule has 0 aliphatic carbocycles. The fourth-order valence-electron chi connectivity index (χ4n) is 1.60. The minimum Gasteiger partial charge on any atom is -0.395 e. The molecular formula is C12H21F3N2O2. The van der Waals surface area contributed by atoms with Crippen molar-refractivity contribution in [3.63, 3.8) is 0 Å². The zero-order valence-electron chi connectivity index (χ0n) is 11.3. The van der Waals surface area contributed by atoms with Gasteiger partial charge in [0.25, 0.3) is 0 Å². The summed E-state index contributed by atoms with van der Waals surface area (Å²) in [7, 11) is 0. The third kappa shape index (κ3) is 8.61. The summed E-state index contributed by atoms with van der Waals surface area (Å²) < 4.78 is 36.9. The monoisotopic (exact) mass is 282 g/mol. The molecular weight excluding hydrogens is 261 g/mol. The maximum Gasteiger partial charge on any atom is 0.401 e. The van der Waals surface area contributed by atoms with Gasteiger partial charge in [0.1, 0.15) is 0 Å². The Balaban J connectivity index is 4.55. The number of halogens is 3. The Labute approximate surface area is 111 Å². The van der Waals surface area contributed by atoms with Crippen LogP contribution in [0.25, 0.3) is 0 Å². The topological polar surface area (TPSA) is 43.8 Å². The molecule has 0 spiro atoms. The molecule has 0 unspecified atom stereocenters. The van der Waals surface area contributed by atoms with Crippen LogP contribution in [0.1, 0.15) is 13.8 Å². The predicted octanol–water partition coefficient (Wildman–Crippen LogP) is 1.27. The third-order valence-corrected chi connectivity index (χ3v) is 2.37. The van der Waals surface area contributed by atoms with Gasteiger partial charge in [-0.25, -0.2) is 0 Å². The van der Waals surface area contributed by atoms with E-state index in [0.29, 0.717) is 13.1 Å². The van der Waals surface area contributed by atoms with Crippen molar-refractivity contribution in [2.24, 2.45) is 0 Å². The molecule has 0 heterocycles. The van der Waals surface area contributed by atoms with E-state index in [2.05, 4.69) is 6.58 Å². The van der Waals surface area contributed by atoms with Crippen LogP contribution in [0.15, 0.2) is 12.2 Å². The second-order valence-electron chi connectivity index (χ2n) is 4.41. The number of amides is 1. The van der Waals surface area contributed by atoms with Crippen LogP contribution in [0, 0.1) is 0 Å². The Morgan fingerprint density at radius 3 is 2.26 bits per heavy atom. The number of hydrogen-bond acceptors (Lipinski definition) is 3. The summed E-state index contributed by atoms with van der Waals surface area (Å²) in [5.41, 5.74) is 0.764. The van der Waals surface area contributed by atoms with E-state index in [1.807, 2.05) is 0 Å². The van der Waals surface area contributed by atoms with Gasteiger partial charge in [-0.3, -0.25) is 9.69 Å². The molecule has 0 saturated carbocycles. The normalized spacial score (nSPS) is 11.7. The lowest BCUT2D eigenvalue weighted by Gasteiger charge is -2.27. The number of hydrogen-bond donors (Lipinski definition) is 1. The number of carbonyl (C=O) groups is 1. The van der Waals surface area contributed by atoms with Crippen molar-refractivity contribution < 1.29 is 23.1 Å². The maximum atomic E-state index is 12.3. The Hall–Kier alpha value is -1.08. The second-order valence-corrected chi connectivity index (χ2v) is 4.41. The lowest BCUT2D eigenvalue weighted by Crippen LogP contribution is -2.45. The van der Waals surface area contributed by atoms with Crippen LogP contribution in [0.2, 0.25) is 0 Å². The van der Waals surface area contributed by atoms with Crippen molar-refractivity contribution in [2.45, 2.75) is 20.0 Å². The Morgan fingerprint density at radius 1 is 1.32 bits per heavy atom. The summed E-state index contributed by atoms with van der Waals surface area (Å²) in [6.45, 7) is 5.74. The van der Waals surface area contributed by atoms with Crippen LogP contribution in [0.5, 0.6) is 0 Å². The van der Waals surface area contributed by atoms with E-state index in [1.54, 1.807) is 13.8 Å². The van der Waals surface area contributed by atoms with E-state index < -0.39 is 25.2 Å². The number of aliphatic hydroxyl groups excluding tert-OH is 1. The first kappa shape index (κ1) is 17.9. The van der Waals surface area contributed by atoms with Gasteiger partial charge in [-0.2, -0.15) is 13.2 Å². The van der Waals surface area contributed by atoms with Crippen LogP contribution in [0.3, 0.4) is 0 Å². The molecule has 7 heteroatoms. The summed E-state index contributed by atoms with van der Waals surface area (Å²) in [5, 5.41) is 8.74. The van der Waals surface area contributed by atoms with Gasteiger partial charge < -0.3 is 10.0 Å². The van der Waals surface area contributed by atoms with Gasteiger partial charge in [0.2, 0.25) is 5.91 Å². The van der Waals surface area contributed by atoms with Crippen LogP contribution < -0.4 is 0 Å². The molecule has 0 aromatic carbocycles. The fraction of sp³-hybridized carbons (Fsp3) is 0.750. The van der Waals surface area contributed by atoms with Gasteiger partial charge in [0, 0.05) is 19.6 Å². The summed E-state index contributed by atoms with van der Waals surface area (Å²) in [6.07, 6.45) is -4.39. The highest BCUT2D eigenvalue weighted by molar-refractivity contribution is 5.78. The Morgan fingerprint density at radius 2 is 1.89 bits per heavy atom. The summed E-state index contributed by atoms with van der Waals surface area (Å²) >= 11 is 0. The maximum absolute atomic E-state index is 12.3. The molecule has 19 heavy (non-hydrogen) atoms. The molecule has 0 aromatic heterocycles. The van der Waals surface area contributed by atoms with Gasteiger partial charge in [-0.15, -0.1) is 0 Å². The van der Waals surface area contributed by atoms with Crippen molar-refractivity contribution in [3.05, 3.63) is 12.2 Å². The summed E-state index contributed by atoms with van der Waals surface area (Å²) in [6, 6.07) is 0. The van der Waals surface area contributed by atoms with Crippen LogP contribution in [-0.4, -0.2) is 66.3 Å². The van der Waals surface area contributed by atoms with Gasteiger partial charge in [-0.05, 0) is 13.8 Å². The van der Waals surface area contributed by atoms with Gasteiger partial charge in [0.05, 0.1) is 19.7 Å². The van der Waals surface area contributed by atoms with Crippen LogP contribution in [0.4, 0.5) is 13.2 Å². The van der Waals surface area contributed by atoms with Crippen LogP contribution >= 0.6 is 0 Å².